The number of ether oxygens (including phenoxy) is 3. The Morgan fingerprint density at radius 1 is 1.02 bits per heavy atom. The second-order valence-electron chi connectivity index (χ2n) is 16.4. The first-order valence-corrected chi connectivity index (χ1v) is 18.8. The number of aliphatic hydroxyl groups is 2. The molecule has 2 aromatic rings. The van der Waals surface area contributed by atoms with E-state index in [9.17, 15) is 29.4 Å². The van der Waals surface area contributed by atoms with Gasteiger partial charge in [0.2, 0.25) is 11.8 Å². The molecule has 4 aliphatic carbocycles. The molecule has 2 aromatic carbocycles. The van der Waals surface area contributed by atoms with Gasteiger partial charge in [-0.15, -0.1) is 0 Å². The van der Waals surface area contributed by atoms with Crippen LogP contribution in [0.1, 0.15) is 78.6 Å². The zero-order valence-corrected chi connectivity index (χ0v) is 31.0. The highest BCUT2D eigenvalue weighted by Crippen LogP contribution is 2.70. The minimum absolute atomic E-state index is 0.0104. The summed E-state index contributed by atoms with van der Waals surface area (Å²) < 4.78 is 19.3. The summed E-state index contributed by atoms with van der Waals surface area (Å²) in [7, 11) is 0. The maximum atomic E-state index is 13.8. The molecule has 53 heavy (non-hydrogen) atoms. The molecule has 7 rings (SSSR count). The topological polar surface area (TPSA) is 160 Å². The molecule has 1 aliphatic heterocycles. The lowest BCUT2D eigenvalue weighted by Crippen LogP contribution is -2.63. The molecule has 2 amide bonds. The van der Waals surface area contributed by atoms with E-state index in [1.807, 2.05) is 39.0 Å². The normalized spacial score (nSPS) is 34.6. The van der Waals surface area contributed by atoms with E-state index in [2.05, 4.69) is 17.6 Å². The van der Waals surface area contributed by atoms with Crippen molar-refractivity contribution in [2.24, 2.45) is 34.5 Å². The van der Waals surface area contributed by atoms with Crippen molar-refractivity contribution in [3.05, 3.63) is 77.9 Å². The first kappa shape index (κ1) is 37.2. The van der Waals surface area contributed by atoms with E-state index in [1.54, 1.807) is 55.5 Å². The zero-order valence-electron chi connectivity index (χ0n) is 31.0. The van der Waals surface area contributed by atoms with Crippen LogP contribution >= 0.6 is 0 Å². The number of carbonyl (C=O) groups excluding carboxylic acids is 4. The molecule has 0 spiro atoms. The van der Waals surface area contributed by atoms with Crippen molar-refractivity contribution in [2.45, 2.75) is 96.9 Å². The number of Topliss-reactive ketones (excluding diaryl/α,β-unsaturated/α-hetero) is 1. The highest BCUT2D eigenvalue weighted by atomic mass is 16.7. The smallest absolute Gasteiger partial charge is 0.246 e. The highest BCUT2D eigenvalue weighted by molar-refractivity contribution is 6.01. The Balaban J connectivity index is 1.02. The summed E-state index contributed by atoms with van der Waals surface area (Å²) >= 11 is 0. The van der Waals surface area contributed by atoms with Crippen LogP contribution in [0.4, 0.5) is 5.69 Å². The van der Waals surface area contributed by atoms with Gasteiger partial charge in [-0.25, -0.2) is 0 Å². The third-order valence-corrected chi connectivity index (χ3v) is 12.7. The fourth-order valence-corrected chi connectivity index (χ4v) is 10.3. The second-order valence-corrected chi connectivity index (χ2v) is 16.4. The van der Waals surface area contributed by atoms with Crippen molar-refractivity contribution in [1.29, 1.82) is 0 Å². The van der Waals surface area contributed by atoms with E-state index in [-0.39, 0.29) is 41.3 Å². The van der Waals surface area contributed by atoms with E-state index in [0.29, 0.717) is 42.0 Å². The number of hydrogen-bond donors (Lipinski definition) is 4. The molecule has 4 N–H and O–H groups in total. The highest BCUT2D eigenvalue weighted by Gasteiger charge is 2.75. The number of rotatable bonds is 10. The number of benzene rings is 2. The molecule has 11 nitrogen and oxygen atoms in total. The van der Waals surface area contributed by atoms with E-state index in [0.717, 1.165) is 18.4 Å². The van der Waals surface area contributed by atoms with Gasteiger partial charge in [0.25, 0.3) is 0 Å². The van der Waals surface area contributed by atoms with Crippen molar-refractivity contribution in [2.75, 3.05) is 11.9 Å². The van der Waals surface area contributed by atoms with Crippen LogP contribution < -0.4 is 15.4 Å². The number of hydrogen-bond acceptors (Lipinski definition) is 9. The van der Waals surface area contributed by atoms with Gasteiger partial charge in [0.15, 0.2) is 23.5 Å². The predicted octanol–water partition coefficient (Wildman–Crippen LogP) is 5.57. The van der Waals surface area contributed by atoms with Gasteiger partial charge in [-0.1, -0.05) is 51.5 Å². The summed E-state index contributed by atoms with van der Waals surface area (Å²) in [6.45, 7) is 8.96. The molecule has 1 saturated heterocycles. The summed E-state index contributed by atoms with van der Waals surface area (Å²) in [4.78, 5) is 50.7. The van der Waals surface area contributed by atoms with Gasteiger partial charge in [-0.3, -0.25) is 19.2 Å². The lowest BCUT2D eigenvalue weighted by molar-refractivity contribution is -0.201. The fraction of sp³-hybridized carbons (Fsp3) is 0.524. The summed E-state index contributed by atoms with van der Waals surface area (Å²) in [6, 6.07) is 13.4. The van der Waals surface area contributed by atoms with Gasteiger partial charge in [-0.05, 0) is 98.9 Å². The Hall–Kier alpha value is -4.16. The van der Waals surface area contributed by atoms with Crippen LogP contribution in [0.3, 0.4) is 0 Å². The third kappa shape index (κ3) is 6.35. The Bertz CT molecular complexity index is 1840. The van der Waals surface area contributed by atoms with Crippen LogP contribution in [0.5, 0.6) is 11.5 Å². The number of aliphatic hydroxyl groups excluding tert-OH is 2. The number of allylic oxidation sites excluding steroid dienone is 4. The van der Waals surface area contributed by atoms with Gasteiger partial charge >= 0.3 is 0 Å². The molecule has 0 radical (unpaired) electrons. The molecule has 0 bridgehead atoms. The van der Waals surface area contributed by atoms with Gasteiger partial charge < -0.3 is 35.1 Å². The number of carbonyl (C=O) groups is 4. The number of ketones is 2. The average Bonchev–Trinajstić information content (AvgIpc) is 3.61. The first-order valence-electron chi connectivity index (χ1n) is 18.8. The Kier molecular flexibility index (Phi) is 9.76. The zero-order chi connectivity index (χ0) is 37.9. The molecule has 10 atom stereocenters. The van der Waals surface area contributed by atoms with Crippen molar-refractivity contribution in [3.63, 3.8) is 0 Å². The molecule has 11 heteroatoms. The molecule has 4 fully saturated rings. The summed E-state index contributed by atoms with van der Waals surface area (Å²) in [5, 5.41) is 27.7. The van der Waals surface area contributed by atoms with Crippen LogP contribution in [0.15, 0.2) is 72.3 Å². The molecule has 0 aromatic heterocycles. The molecular formula is C42H50N2O9. The summed E-state index contributed by atoms with van der Waals surface area (Å²) in [6.07, 6.45) is 5.86. The number of fused-ring (bicyclic) bond motifs is 7. The second kappa shape index (κ2) is 13.9. The lowest BCUT2D eigenvalue weighted by atomic mass is 9.46. The molecule has 1 heterocycles. The molecule has 5 aliphatic rings. The van der Waals surface area contributed by atoms with Crippen LogP contribution in [0.2, 0.25) is 0 Å². The maximum absolute atomic E-state index is 13.8. The number of anilines is 1. The van der Waals surface area contributed by atoms with E-state index in [1.165, 1.54) is 0 Å². The maximum Gasteiger partial charge on any atom is 0.246 e. The van der Waals surface area contributed by atoms with Crippen LogP contribution in [-0.4, -0.2) is 64.1 Å². The predicted molar refractivity (Wildman–Crippen MR) is 196 cm³/mol. The fourth-order valence-electron chi connectivity index (χ4n) is 10.3. The summed E-state index contributed by atoms with van der Waals surface area (Å²) in [5.41, 5.74) is -0.343. The summed E-state index contributed by atoms with van der Waals surface area (Å²) in [5.74, 6) is 0.335. The third-order valence-electron chi connectivity index (χ3n) is 12.7. The van der Waals surface area contributed by atoms with Gasteiger partial charge in [0, 0.05) is 34.4 Å². The minimum Gasteiger partial charge on any atom is -0.457 e. The lowest BCUT2D eigenvalue weighted by Gasteiger charge is -2.59. The van der Waals surface area contributed by atoms with Crippen molar-refractivity contribution < 1.29 is 43.6 Å². The SMILES string of the molecule is CC(C)CC(=O)N[C@@H](C)C(=O)Nc1ccc(Oc2ccc([C@@H]3O[C@@H]4CC5[C@@H]6CCC7=CC(=O)C=C[C@]7(C)C6[C@@H](O)C[C@]5(C)[C@]4(C(=O)CO)O3)cc2)cc1. The standard InChI is InChI=1S/C42H50N2O9/c1-23(2)18-36(49)43-24(3)38(50)44-27-9-13-30(14-10-27)51-29-11-6-25(7-12-29)39-52-35-20-32-31-15-8-26-19-28(46)16-17-40(26,4)37(31)33(47)21-41(32,5)42(35,53-39)34(48)22-45/h6-7,9-14,16-17,19,23-24,31-33,35,37,39,45,47H,8,15,18,20-22H2,1-5H3,(H,43,49)(H,44,50)/t24-,31-,32?,33-,35+,37?,39+,40-,41-,42+/m0/s1. The van der Waals surface area contributed by atoms with E-state index < -0.39 is 53.4 Å². The van der Waals surface area contributed by atoms with Crippen molar-refractivity contribution >= 4 is 29.1 Å². The van der Waals surface area contributed by atoms with E-state index >= 15 is 0 Å². The monoisotopic (exact) mass is 726 g/mol. The number of nitrogens with one attached hydrogen (secondary N) is 2. The van der Waals surface area contributed by atoms with E-state index in [4.69, 9.17) is 14.2 Å². The Morgan fingerprint density at radius 2 is 1.70 bits per heavy atom. The quantitative estimate of drug-likeness (QED) is 0.246. The Morgan fingerprint density at radius 3 is 2.36 bits per heavy atom. The molecular weight excluding hydrogens is 676 g/mol. The average molecular weight is 727 g/mol. The van der Waals surface area contributed by atoms with Crippen LogP contribution in [-0.2, 0) is 28.7 Å². The molecule has 2 unspecified atom stereocenters. The Labute approximate surface area is 310 Å². The number of amides is 2. The molecule has 282 valence electrons. The van der Waals surface area contributed by atoms with Crippen LogP contribution in [0, 0.1) is 34.5 Å². The van der Waals surface area contributed by atoms with Gasteiger partial charge in [0.05, 0.1) is 12.2 Å². The minimum atomic E-state index is -1.43. The first-order chi connectivity index (χ1) is 25.2. The largest absolute Gasteiger partial charge is 0.457 e. The van der Waals surface area contributed by atoms with Gasteiger partial charge in [0.1, 0.15) is 24.1 Å². The van der Waals surface area contributed by atoms with Gasteiger partial charge in [-0.2, -0.15) is 0 Å². The van der Waals surface area contributed by atoms with Crippen molar-refractivity contribution in [3.8, 4) is 11.5 Å². The van der Waals surface area contributed by atoms with Crippen LogP contribution in [0.25, 0.3) is 0 Å². The van der Waals surface area contributed by atoms with Crippen molar-refractivity contribution in [1.82, 2.24) is 5.32 Å². The molecule has 3 saturated carbocycles.